The largest absolute Gasteiger partial charge is 0.454 e. The molecule has 0 saturated heterocycles. The number of ether oxygens (including phenoxy) is 2. The van der Waals surface area contributed by atoms with Crippen LogP contribution < -0.4 is 9.47 Å². The van der Waals surface area contributed by atoms with Gasteiger partial charge in [0, 0.05) is 36.4 Å². The molecular formula is C23H29N3O3. The fourth-order valence-corrected chi connectivity index (χ4v) is 5.72. The van der Waals surface area contributed by atoms with Crippen LogP contribution in [0.25, 0.3) is 0 Å². The van der Waals surface area contributed by atoms with Gasteiger partial charge in [-0.2, -0.15) is 5.10 Å². The fourth-order valence-electron chi connectivity index (χ4n) is 5.72. The van der Waals surface area contributed by atoms with Crippen LogP contribution in [0.5, 0.6) is 11.5 Å². The minimum absolute atomic E-state index is 0.0369. The van der Waals surface area contributed by atoms with Crippen LogP contribution in [0.4, 0.5) is 0 Å². The van der Waals surface area contributed by atoms with Gasteiger partial charge in [0.2, 0.25) is 12.7 Å². The smallest absolute Gasteiger partial charge is 0.231 e. The number of nitrogens with zero attached hydrogens (tertiary/aromatic N) is 3. The maximum atomic E-state index is 13.7. The van der Waals surface area contributed by atoms with Crippen molar-refractivity contribution in [3.05, 3.63) is 41.7 Å². The van der Waals surface area contributed by atoms with E-state index in [2.05, 4.69) is 36.6 Å². The molecule has 3 saturated carbocycles. The zero-order chi connectivity index (χ0) is 20.2. The SMILES string of the molecule is CCN(Cc1ccc2c(c1)OCO2)C(=O)C1C2CCC1(c1ccnn1C(C)C)C2. The number of rotatable bonds is 6. The lowest BCUT2D eigenvalue weighted by Gasteiger charge is -2.48. The van der Waals surface area contributed by atoms with Gasteiger partial charge in [-0.25, -0.2) is 0 Å². The van der Waals surface area contributed by atoms with Crippen LogP contribution >= 0.6 is 0 Å². The molecule has 6 rings (SSSR count). The lowest BCUT2D eigenvalue weighted by Crippen LogP contribution is -2.54. The molecule has 2 heterocycles. The Balaban J connectivity index is 1.39. The minimum Gasteiger partial charge on any atom is -0.454 e. The maximum Gasteiger partial charge on any atom is 0.231 e. The summed E-state index contributed by atoms with van der Waals surface area (Å²) in [6.45, 7) is 7.96. The van der Waals surface area contributed by atoms with Gasteiger partial charge < -0.3 is 14.4 Å². The van der Waals surface area contributed by atoms with Crippen LogP contribution in [0.1, 0.15) is 57.3 Å². The van der Waals surface area contributed by atoms with Crippen molar-refractivity contribution in [1.82, 2.24) is 14.7 Å². The second-order valence-electron chi connectivity index (χ2n) is 8.93. The van der Waals surface area contributed by atoms with Gasteiger partial charge >= 0.3 is 0 Å². The van der Waals surface area contributed by atoms with Gasteiger partial charge in [0.1, 0.15) is 0 Å². The number of hydrogen-bond acceptors (Lipinski definition) is 4. The van der Waals surface area contributed by atoms with Gasteiger partial charge in [0.15, 0.2) is 11.5 Å². The van der Waals surface area contributed by atoms with Gasteiger partial charge in [0.05, 0.1) is 5.92 Å². The second kappa shape index (κ2) is 6.78. The van der Waals surface area contributed by atoms with E-state index in [-0.39, 0.29) is 24.0 Å². The third-order valence-electron chi connectivity index (χ3n) is 7.09. The number of fused-ring (bicyclic) bond motifs is 2. The van der Waals surface area contributed by atoms with Gasteiger partial charge in [-0.05, 0) is 69.7 Å². The average Bonchev–Trinajstić information content (AvgIpc) is 3.47. The number of benzene rings is 1. The van der Waals surface area contributed by atoms with Crippen LogP contribution in [-0.2, 0) is 16.8 Å². The van der Waals surface area contributed by atoms with E-state index in [9.17, 15) is 4.79 Å². The molecule has 3 unspecified atom stereocenters. The number of carbonyl (C=O) groups excluding carboxylic acids is 1. The fraction of sp³-hybridized carbons (Fsp3) is 0.565. The van der Waals surface area contributed by atoms with Crippen molar-refractivity contribution in [1.29, 1.82) is 0 Å². The Hall–Kier alpha value is -2.50. The summed E-state index contributed by atoms with van der Waals surface area (Å²) in [5.74, 6) is 2.41. The molecule has 3 fully saturated rings. The monoisotopic (exact) mass is 395 g/mol. The normalized spacial score (nSPS) is 26.6. The lowest BCUT2D eigenvalue weighted by molar-refractivity contribution is -0.144. The summed E-state index contributed by atoms with van der Waals surface area (Å²) in [4.78, 5) is 15.7. The first-order valence-corrected chi connectivity index (χ1v) is 10.7. The molecule has 2 bridgehead atoms. The van der Waals surface area contributed by atoms with E-state index >= 15 is 0 Å². The summed E-state index contributed by atoms with van der Waals surface area (Å²) in [5, 5.41) is 4.56. The number of carbonyl (C=O) groups is 1. The van der Waals surface area contributed by atoms with E-state index in [0.29, 0.717) is 25.0 Å². The first-order valence-electron chi connectivity index (χ1n) is 10.7. The summed E-state index contributed by atoms with van der Waals surface area (Å²) >= 11 is 0. The van der Waals surface area contributed by atoms with Crippen molar-refractivity contribution in [3.8, 4) is 11.5 Å². The molecule has 6 heteroatoms. The third kappa shape index (κ3) is 2.75. The first-order chi connectivity index (χ1) is 14.0. The first kappa shape index (κ1) is 18.5. The Labute approximate surface area is 171 Å². The average molecular weight is 396 g/mol. The summed E-state index contributed by atoms with van der Waals surface area (Å²) in [7, 11) is 0. The summed E-state index contributed by atoms with van der Waals surface area (Å²) in [6.07, 6.45) is 5.24. The zero-order valence-corrected chi connectivity index (χ0v) is 17.4. The molecule has 2 aromatic rings. The Bertz CT molecular complexity index is 933. The Morgan fingerprint density at radius 2 is 2.14 bits per heavy atom. The van der Waals surface area contributed by atoms with Gasteiger partial charge in [-0.1, -0.05) is 6.07 Å². The van der Waals surface area contributed by atoms with Crippen molar-refractivity contribution < 1.29 is 14.3 Å². The van der Waals surface area contributed by atoms with Gasteiger partial charge in [-0.3, -0.25) is 9.48 Å². The summed E-state index contributed by atoms with van der Waals surface area (Å²) in [6, 6.07) is 8.40. The predicted octanol–water partition coefficient (Wildman–Crippen LogP) is 3.91. The minimum atomic E-state index is -0.0369. The molecule has 0 radical (unpaired) electrons. The van der Waals surface area contributed by atoms with Crippen molar-refractivity contribution in [2.45, 2.75) is 58.0 Å². The Kier molecular flexibility index (Phi) is 4.33. The predicted molar refractivity (Wildman–Crippen MR) is 109 cm³/mol. The Morgan fingerprint density at radius 1 is 1.31 bits per heavy atom. The maximum absolute atomic E-state index is 13.7. The van der Waals surface area contributed by atoms with Crippen LogP contribution in [0, 0.1) is 11.8 Å². The molecular weight excluding hydrogens is 366 g/mol. The number of hydrogen-bond donors (Lipinski definition) is 0. The van der Waals surface area contributed by atoms with E-state index in [1.54, 1.807) is 0 Å². The van der Waals surface area contributed by atoms with Crippen LogP contribution in [-0.4, -0.2) is 33.9 Å². The van der Waals surface area contributed by atoms with Gasteiger partial charge in [0.25, 0.3) is 0 Å². The van der Waals surface area contributed by atoms with Crippen LogP contribution in [0.15, 0.2) is 30.5 Å². The van der Waals surface area contributed by atoms with E-state index < -0.39 is 0 Å². The highest BCUT2D eigenvalue weighted by Crippen LogP contribution is 2.64. The highest BCUT2D eigenvalue weighted by atomic mass is 16.7. The molecule has 3 atom stereocenters. The molecule has 0 N–H and O–H groups in total. The zero-order valence-electron chi connectivity index (χ0n) is 17.4. The van der Waals surface area contributed by atoms with E-state index in [1.807, 2.05) is 29.3 Å². The second-order valence-corrected chi connectivity index (χ2v) is 8.93. The number of amides is 1. The highest BCUT2D eigenvalue weighted by molar-refractivity contribution is 5.83. The number of aromatic nitrogens is 2. The lowest BCUT2D eigenvalue weighted by atomic mass is 9.58. The molecule has 1 amide bonds. The molecule has 29 heavy (non-hydrogen) atoms. The molecule has 6 nitrogen and oxygen atoms in total. The van der Waals surface area contributed by atoms with Crippen molar-refractivity contribution >= 4 is 5.91 Å². The molecule has 154 valence electrons. The third-order valence-corrected chi connectivity index (χ3v) is 7.09. The molecule has 1 aromatic carbocycles. The molecule has 0 spiro atoms. The quantitative estimate of drug-likeness (QED) is 0.744. The van der Waals surface area contributed by atoms with E-state index in [1.165, 1.54) is 5.69 Å². The van der Waals surface area contributed by atoms with Crippen molar-refractivity contribution in [2.75, 3.05) is 13.3 Å². The van der Waals surface area contributed by atoms with E-state index in [4.69, 9.17) is 9.47 Å². The summed E-state index contributed by atoms with van der Waals surface area (Å²) < 4.78 is 13.0. The van der Waals surface area contributed by atoms with Crippen molar-refractivity contribution in [3.63, 3.8) is 0 Å². The molecule has 1 aliphatic heterocycles. The Morgan fingerprint density at radius 3 is 2.90 bits per heavy atom. The van der Waals surface area contributed by atoms with Crippen LogP contribution in [0.2, 0.25) is 0 Å². The van der Waals surface area contributed by atoms with Crippen LogP contribution in [0.3, 0.4) is 0 Å². The highest BCUT2D eigenvalue weighted by Gasteiger charge is 2.64. The molecule has 4 aliphatic rings. The van der Waals surface area contributed by atoms with Gasteiger partial charge in [-0.15, -0.1) is 0 Å². The van der Waals surface area contributed by atoms with Crippen molar-refractivity contribution in [2.24, 2.45) is 11.8 Å². The molecule has 3 aliphatic carbocycles. The summed E-state index contributed by atoms with van der Waals surface area (Å²) in [5.41, 5.74) is 2.29. The topological polar surface area (TPSA) is 56.6 Å². The molecule has 1 aromatic heterocycles. The standard InChI is InChI=1S/C23H29N3O3/c1-4-25(13-16-5-6-18-19(11-16)29-14-28-18)22(27)21-17-7-9-23(21,12-17)20-8-10-24-26(20)15(2)3/h5-6,8,10-11,15,17,21H,4,7,9,12-14H2,1-3H3. The van der Waals surface area contributed by atoms with E-state index in [0.717, 1.165) is 36.3 Å².